The third kappa shape index (κ3) is 2.68. The molecule has 24 heavy (non-hydrogen) atoms. The van der Waals surface area contributed by atoms with Gasteiger partial charge < -0.3 is 4.74 Å². The average Bonchev–Trinajstić information content (AvgIpc) is 3.18. The van der Waals surface area contributed by atoms with Crippen molar-refractivity contribution in [2.24, 2.45) is 0 Å². The highest BCUT2D eigenvalue weighted by Crippen LogP contribution is 2.34. The molecule has 4 aromatic rings. The molecular formula is C15H9ClN4O2S2. The number of ether oxygens (including phenoxy) is 1. The number of methoxy groups -OCH3 is 1. The maximum Gasteiger partial charge on any atom is 0.257 e. The van der Waals surface area contributed by atoms with Gasteiger partial charge in [0.1, 0.15) is 16.8 Å². The van der Waals surface area contributed by atoms with Gasteiger partial charge in [-0.1, -0.05) is 22.9 Å². The fraction of sp³-hybridized carbons (Fsp3) is 0.0667. The lowest BCUT2D eigenvalue weighted by atomic mass is 10.2. The number of halogens is 1. The van der Waals surface area contributed by atoms with Crippen LogP contribution in [0.5, 0.6) is 5.75 Å². The molecule has 1 N–H and O–H groups in total. The summed E-state index contributed by atoms with van der Waals surface area (Å²) in [5, 5.41) is 3.78. The zero-order chi connectivity index (χ0) is 16.7. The van der Waals surface area contributed by atoms with Crippen LogP contribution in [0.1, 0.15) is 10.4 Å². The Labute approximate surface area is 149 Å². The maximum absolute atomic E-state index is 12.4. The second kappa shape index (κ2) is 5.97. The molecule has 120 valence electrons. The first kappa shape index (κ1) is 15.3. The van der Waals surface area contributed by atoms with Gasteiger partial charge in [-0.3, -0.25) is 10.1 Å². The van der Waals surface area contributed by atoms with E-state index >= 15 is 0 Å². The Morgan fingerprint density at radius 2 is 2.00 bits per heavy atom. The molecule has 0 unspecified atom stereocenters. The summed E-state index contributed by atoms with van der Waals surface area (Å²) in [5.41, 5.74) is 2.69. The number of carbonyl (C=O) groups is 1. The largest absolute Gasteiger partial charge is 0.495 e. The molecule has 2 heterocycles. The van der Waals surface area contributed by atoms with E-state index in [2.05, 4.69) is 19.0 Å². The van der Waals surface area contributed by atoms with Crippen LogP contribution in [0.25, 0.3) is 21.3 Å². The Morgan fingerprint density at radius 3 is 2.83 bits per heavy atom. The molecule has 0 saturated heterocycles. The van der Waals surface area contributed by atoms with Gasteiger partial charge >= 0.3 is 0 Å². The lowest BCUT2D eigenvalue weighted by molar-refractivity contribution is 0.102. The van der Waals surface area contributed by atoms with E-state index in [0.717, 1.165) is 21.9 Å². The number of nitrogens with zero attached hydrogens (tertiary/aromatic N) is 3. The van der Waals surface area contributed by atoms with Gasteiger partial charge in [-0.25, -0.2) is 4.98 Å². The second-order valence-electron chi connectivity index (χ2n) is 4.90. The highest BCUT2D eigenvalue weighted by molar-refractivity contribution is 7.22. The average molecular weight is 377 g/mol. The molecule has 0 aliphatic heterocycles. The summed E-state index contributed by atoms with van der Waals surface area (Å²) in [4.78, 5) is 16.8. The second-order valence-corrected chi connectivity index (χ2v) is 6.86. The summed E-state index contributed by atoms with van der Waals surface area (Å²) in [6, 6.07) is 8.72. The minimum Gasteiger partial charge on any atom is -0.495 e. The number of fused-ring (bicyclic) bond motifs is 2. The summed E-state index contributed by atoms with van der Waals surface area (Å²) >= 11 is 8.57. The fourth-order valence-electron chi connectivity index (χ4n) is 2.23. The van der Waals surface area contributed by atoms with E-state index in [1.165, 1.54) is 11.3 Å². The van der Waals surface area contributed by atoms with Gasteiger partial charge in [-0.15, -0.1) is 0 Å². The van der Waals surface area contributed by atoms with Crippen molar-refractivity contribution in [1.29, 1.82) is 0 Å². The lowest BCUT2D eigenvalue weighted by Gasteiger charge is -2.00. The van der Waals surface area contributed by atoms with Crippen LogP contribution in [-0.2, 0) is 0 Å². The molecule has 2 aromatic heterocycles. The third-order valence-corrected chi connectivity index (χ3v) is 5.18. The van der Waals surface area contributed by atoms with Crippen LogP contribution in [0.2, 0.25) is 5.02 Å². The number of thiazole rings is 1. The fourth-order valence-corrected chi connectivity index (χ4v) is 3.86. The molecule has 1 amide bonds. The Kier molecular flexibility index (Phi) is 3.79. The number of benzene rings is 2. The van der Waals surface area contributed by atoms with Crippen molar-refractivity contribution in [3.05, 3.63) is 40.9 Å². The first-order valence-corrected chi connectivity index (χ1v) is 8.74. The number of carbonyl (C=O) groups excluding carboxylic acids is 1. The van der Waals surface area contributed by atoms with Gasteiger partial charge in [0.05, 0.1) is 34.1 Å². The van der Waals surface area contributed by atoms with Gasteiger partial charge in [0.15, 0.2) is 5.13 Å². The summed E-state index contributed by atoms with van der Waals surface area (Å²) in [6.45, 7) is 0. The van der Waals surface area contributed by atoms with Crippen molar-refractivity contribution in [2.45, 2.75) is 0 Å². The van der Waals surface area contributed by atoms with Crippen LogP contribution >= 0.6 is 34.7 Å². The number of nitrogens with one attached hydrogen (secondary N) is 1. The van der Waals surface area contributed by atoms with E-state index in [1.54, 1.807) is 37.4 Å². The molecular weight excluding hydrogens is 368 g/mol. The smallest absolute Gasteiger partial charge is 0.257 e. The molecule has 6 nitrogen and oxygen atoms in total. The first-order valence-electron chi connectivity index (χ1n) is 6.82. The topological polar surface area (TPSA) is 77.0 Å². The molecule has 0 atom stereocenters. The zero-order valence-electron chi connectivity index (χ0n) is 12.2. The van der Waals surface area contributed by atoms with E-state index in [0.29, 0.717) is 32.5 Å². The normalized spacial score (nSPS) is 11.1. The van der Waals surface area contributed by atoms with Crippen molar-refractivity contribution in [2.75, 3.05) is 12.4 Å². The molecule has 0 aliphatic rings. The molecule has 0 radical (unpaired) electrons. The Balaban J connectivity index is 1.64. The molecule has 2 aromatic carbocycles. The molecule has 0 saturated carbocycles. The number of hydrogen-bond donors (Lipinski definition) is 1. The van der Waals surface area contributed by atoms with Crippen molar-refractivity contribution >= 4 is 67.0 Å². The summed E-state index contributed by atoms with van der Waals surface area (Å²) < 4.78 is 14.3. The molecule has 4 rings (SSSR count). The van der Waals surface area contributed by atoms with Crippen LogP contribution < -0.4 is 10.1 Å². The van der Waals surface area contributed by atoms with E-state index in [1.807, 2.05) is 0 Å². The van der Waals surface area contributed by atoms with Crippen molar-refractivity contribution in [1.82, 2.24) is 13.7 Å². The van der Waals surface area contributed by atoms with Gasteiger partial charge in [0.25, 0.3) is 5.91 Å². The predicted octanol–water partition coefficient (Wildman–Crippen LogP) is 4.22. The van der Waals surface area contributed by atoms with Crippen molar-refractivity contribution in [3.8, 4) is 5.75 Å². The first-order chi connectivity index (χ1) is 11.6. The van der Waals surface area contributed by atoms with Crippen LogP contribution in [0, 0.1) is 0 Å². The van der Waals surface area contributed by atoms with Gasteiger partial charge in [0.2, 0.25) is 0 Å². The molecule has 0 aliphatic carbocycles. The molecule has 0 bridgehead atoms. The molecule has 0 spiro atoms. The van der Waals surface area contributed by atoms with E-state index in [9.17, 15) is 4.79 Å². The Morgan fingerprint density at radius 1 is 1.17 bits per heavy atom. The monoisotopic (exact) mass is 376 g/mol. The van der Waals surface area contributed by atoms with Gasteiger partial charge in [-0.05, 0) is 24.3 Å². The summed E-state index contributed by atoms with van der Waals surface area (Å²) in [5.74, 6) is 0.328. The minimum absolute atomic E-state index is 0.248. The number of amides is 1. The van der Waals surface area contributed by atoms with E-state index in [-0.39, 0.29) is 5.91 Å². The lowest BCUT2D eigenvalue weighted by Crippen LogP contribution is -2.11. The van der Waals surface area contributed by atoms with Crippen LogP contribution in [-0.4, -0.2) is 26.7 Å². The van der Waals surface area contributed by atoms with Crippen LogP contribution in [0.15, 0.2) is 30.3 Å². The zero-order valence-corrected chi connectivity index (χ0v) is 14.6. The molecule has 9 heteroatoms. The predicted molar refractivity (Wildman–Crippen MR) is 96.6 cm³/mol. The van der Waals surface area contributed by atoms with Crippen LogP contribution in [0.4, 0.5) is 5.13 Å². The summed E-state index contributed by atoms with van der Waals surface area (Å²) in [6.07, 6.45) is 0. The van der Waals surface area contributed by atoms with Crippen molar-refractivity contribution in [3.63, 3.8) is 0 Å². The Hall–Kier alpha value is -2.29. The molecule has 0 fully saturated rings. The van der Waals surface area contributed by atoms with Gasteiger partial charge in [-0.2, -0.15) is 8.75 Å². The Bertz CT molecular complexity index is 1080. The highest BCUT2D eigenvalue weighted by Gasteiger charge is 2.13. The van der Waals surface area contributed by atoms with E-state index < -0.39 is 0 Å². The number of hydrogen-bond acceptors (Lipinski definition) is 7. The van der Waals surface area contributed by atoms with E-state index in [4.69, 9.17) is 16.3 Å². The minimum atomic E-state index is -0.248. The number of anilines is 1. The van der Waals surface area contributed by atoms with Crippen molar-refractivity contribution < 1.29 is 9.53 Å². The van der Waals surface area contributed by atoms with Crippen LogP contribution in [0.3, 0.4) is 0 Å². The standard InChI is InChI=1S/C15H9ClN4O2S2/c1-22-12-6-13-11(5-8(12)16)17-15(23-13)18-14(21)7-2-3-9-10(4-7)20-24-19-9/h2-6H,1H3,(H,17,18,21). The summed E-state index contributed by atoms with van der Waals surface area (Å²) in [7, 11) is 1.56. The quantitative estimate of drug-likeness (QED) is 0.579. The van der Waals surface area contributed by atoms with Gasteiger partial charge in [0, 0.05) is 11.6 Å². The number of rotatable bonds is 3. The SMILES string of the molecule is COc1cc2sc(NC(=O)c3ccc4nsnc4c3)nc2cc1Cl. The number of aromatic nitrogens is 3. The third-order valence-electron chi connectivity index (χ3n) is 3.40. The highest BCUT2D eigenvalue weighted by atomic mass is 35.5. The maximum atomic E-state index is 12.4.